The third-order valence-corrected chi connectivity index (χ3v) is 3.95. The lowest BCUT2D eigenvalue weighted by atomic mass is 9.77. The molecular weight excluding hydrogens is 198 g/mol. The summed E-state index contributed by atoms with van der Waals surface area (Å²) < 4.78 is 6.16. The molecule has 2 nitrogen and oxygen atoms in total. The van der Waals surface area contributed by atoms with E-state index in [1.54, 1.807) is 0 Å². The summed E-state index contributed by atoms with van der Waals surface area (Å²) in [5.74, 6) is 0.550. The maximum absolute atomic E-state index is 6.16. The summed E-state index contributed by atoms with van der Waals surface area (Å²) in [6.45, 7) is 8.82. The second kappa shape index (κ2) is 3.85. The fraction of sp³-hybridized carbons (Fsp3) is 0.857. The average Bonchev–Trinajstić information content (AvgIpc) is 2.34. The summed E-state index contributed by atoms with van der Waals surface area (Å²) in [5.41, 5.74) is 7.54. The van der Waals surface area contributed by atoms with Crippen molar-refractivity contribution in [1.29, 1.82) is 0 Å². The van der Waals surface area contributed by atoms with Crippen LogP contribution in [0.3, 0.4) is 0 Å². The molecule has 0 aromatic rings. The van der Waals surface area contributed by atoms with Crippen molar-refractivity contribution in [2.24, 2.45) is 11.7 Å². The first kappa shape index (κ1) is 12.1. The normalized spacial score (nSPS) is 37.2. The summed E-state index contributed by atoms with van der Waals surface area (Å²) in [5, 5.41) is 0. The summed E-state index contributed by atoms with van der Waals surface area (Å²) in [6, 6.07) is 0.267. The fourth-order valence-electron chi connectivity index (χ4n) is 3.41. The topological polar surface area (TPSA) is 35.2 Å². The van der Waals surface area contributed by atoms with Crippen LogP contribution in [0.25, 0.3) is 0 Å². The van der Waals surface area contributed by atoms with E-state index in [-0.39, 0.29) is 17.2 Å². The molecule has 0 aromatic carbocycles. The van der Waals surface area contributed by atoms with Crippen LogP contribution in [0.1, 0.15) is 53.4 Å². The van der Waals surface area contributed by atoms with E-state index in [0.29, 0.717) is 5.92 Å². The summed E-state index contributed by atoms with van der Waals surface area (Å²) in [7, 11) is 0. The molecule has 0 bridgehead atoms. The van der Waals surface area contributed by atoms with Gasteiger partial charge in [-0.05, 0) is 53.4 Å². The van der Waals surface area contributed by atoms with Crippen molar-refractivity contribution >= 4 is 0 Å². The third kappa shape index (κ3) is 2.33. The van der Waals surface area contributed by atoms with Gasteiger partial charge in [0, 0.05) is 12.0 Å². The van der Waals surface area contributed by atoms with Crippen molar-refractivity contribution in [3.05, 3.63) is 11.6 Å². The van der Waals surface area contributed by atoms with Gasteiger partial charge in [0.2, 0.25) is 0 Å². The Morgan fingerprint density at radius 3 is 2.50 bits per heavy atom. The lowest BCUT2D eigenvalue weighted by Gasteiger charge is -2.31. The zero-order valence-electron chi connectivity index (χ0n) is 11.0. The van der Waals surface area contributed by atoms with Gasteiger partial charge in [-0.25, -0.2) is 0 Å². The van der Waals surface area contributed by atoms with E-state index in [2.05, 4.69) is 33.8 Å². The van der Waals surface area contributed by atoms with Crippen molar-refractivity contribution in [2.75, 3.05) is 0 Å². The van der Waals surface area contributed by atoms with Crippen LogP contribution in [0.2, 0.25) is 0 Å². The van der Waals surface area contributed by atoms with E-state index in [1.807, 2.05) is 0 Å². The summed E-state index contributed by atoms with van der Waals surface area (Å²) >= 11 is 0. The molecule has 1 aliphatic heterocycles. The Balaban J connectivity index is 2.21. The van der Waals surface area contributed by atoms with E-state index >= 15 is 0 Å². The smallest absolute Gasteiger partial charge is 0.0699 e. The quantitative estimate of drug-likeness (QED) is 0.694. The van der Waals surface area contributed by atoms with E-state index in [1.165, 1.54) is 18.4 Å². The van der Waals surface area contributed by atoms with Gasteiger partial charge < -0.3 is 10.5 Å². The third-order valence-electron chi connectivity index (χ3n) is 3.95. The van der Waals surface area contributed by atoms with Gasteiger partial charge in [-0.15, -0.1) is 0 Å². The van der Waals surface area contributed by atoms with Crippen LogP contribution in [-0.2, 0) is 4.74 Å². The number of rotatable bonds is 1. The standard InChI is InChI=1S/C14H25NO/c1-13(2)9-12(14(3,4)16-13)10-6-5-7-11(15)8-10/h8,11-12H,5-7,9,15H2,1-4H3. The minimum Gasteiger partial charge on any atom is -0.369 e. The van der Waals surface area contributed by atoms with Crippen LogP contribution in [-0.4, -0.2) is 17.2 Å². The van der Waals surface area contributed by atoms with Gasteiger partial charge in [0.25, 0.3) is 0 Å². The average molecular weight is 223 g/mol. The first-order chi connectivity index (χ1) is 7.30. The highest BCUT2D eigenvalue weighted by Gasteiger charge is 2.47. The zero-order valence-corrected chi connectivity index (χ0v) is 11.0. The molecule has 0 radical (unpaired) electrons. The number of ether oxygens (including phenoxy) is 1. The summed E-state index contributed by atoms with van der Waals surface area (Å²) in [4.78, 5) is 0. The molecule has 1 saturated heterocycles. The van der Waals surface area contributed by atoms with Crippen molar-refractivity contribution in [2.45, 2.75) is 70.6 Å². The van der Waals surface area contributed by atoms with Gasteiger partial charge in [-0.1, -0.05) is 11.6 Å². The Morgan fingerprint density at radius 1 is 1.31 bits per heavy atom. The number of hydrogen-bond donors (Lipinski definition) is 1. The van der Waals surface area contributed by atoms with Crippen LogP contribution >= 0.6 is 0 Å². The Hall–Kier alpha value is -0.340. The Labute approximate surface area is 99.2 Å². The van der Waals surface area contributed by atoms with Gasteiger partial charge in [0.15, 0.2) is 0 Å². The van der Waals surface area contributed by atoms with E-state index in [4.69, 9.17) is 10.5 Å². The second-order valence-electron chi connectivity index (χ2n) is 6.52. The van der Waals surface area contributed by atoms with Gasteiger partial charge in [-0.3, -0.25) is 0 Å². The van der Waals surface area contributed by atoms with Gasteiger partial charge in [-0.2, -0.15) is 0 Å². The minimum atomic E-state index is -0.0353. The summed E-state index contributed by atoms with van der Waals surface area (Å²) in [6.07, 6.45) is 7.00. The molecule has 1 aliphatic carbocycles. The van der Waals surface area contributed by atoms with E-state index in [9.17, 15) is 0 Å². The molecule has 2 atom stereocenters. The van der Waals surface area contributed by atoms with Gasteiger partial charge in [0.1, 0.15) is 0 Å². The predicted octanol–water partition coefficient (Wildman–Crippen LogP) is 3.02. The van der Waals surface area contributed by atoms with Crippen molar-refractivity contribution in [3.63, 3.8) is 0 Å². The van der Waals surface area contributed by atoms with Crippen LogP contribution in [0.5, 0.6) is 0 Å². The van der Waals surface area contributed by atoms with Crippen LogP contribution < -0.4 is 5.73 Å². The molecule has 2 heteroatoms. The largest absolute Gasteiger partial charge is 0.369 e. The van der Waals surface area contributed by atoms with E-state index in [0.717, 1.165) is 12.8 Å². The zero-order chi connectivity index (χ0) is 12.0. The second-order valence-corrected chi connectivity index (χ2v) is 6.52. The first-order valence-electron chi connectivity index (χ1n) is 6.46. The maximum atomic E-state index is 6.16. The molecule has 1 fully saturated rings. The molecule has 92 valence electrons. The Kier molecular flexibility index (Phi) is 2.92. The van der Waals surface area contributed by atoms with Crippen molar-refractivity contribution < 1.29 is 4.74 Å². The monoisotopic (exact) mass is 223 g/mol. The molecule has 2 N–H and O–H groups in total. The van der Waals surface area contributed by atoms with E-state index < -0.39 is 0 Å². The predicted molar refractivity (Wildman–Crippen MR) is 67.3 cm³/mol. The first-order valence-corrected chi connectivity index (χ1v) is 6.46. The molecule has 0 amide bonds. The van der Waals surface area contributed by atoms with Crippen LogP contribution in [0.15, 0.2) is 11.6 Å². The molecule has 0 aromatic heterocycles. The number of hydrogen-bond acceptors (Lipinski definition) is 2. The highest BCUT2D eigenvalue weighted by Crippen LogP contribution is 2.47. The lowest BCUT2D eigenvalue weighted by Crippen LogP contribution is -2.32. The highest BCUT2D eigenvalue weighted by molar-refractivity contribution is 5.19. The minimum absolute atomic E-state index is 0.0105. The Morgan fingerprint density at radius 2 is 2.00 bits per heavy atom. The maximum Gasteiger partial charge on any atom is 0.0699 e. The molecule has 2 aliphatic rings. The lowest BCUT2D eigenvalue weighted by molar-refractivity contribution is -0.0717. The molecule has 1 heterocycles. The van der Waals surface area contributed by atoms with Crippen molar-refractivity contribution in [3.8, 4) is 0 Å². The SMILES string of the molecule is CC1(C)CC(C2=CC(N)CCC2)C(C)(C)O1. The molecule has 0 saturated carbocycles. The van der Waals surface area contributed by atoms with Crippen LogP contribution in [0.4, 0.5) is 0 Å². The van der Waals surface area contributed by atoms with Gasteiger partial charge >= 0.3 is 0 Å². The Bertz CT molecular complexity index is 304. The molecule has 0 spiro atoms. The molecule has 2 unspecified atom stereocenters. The van der Waals surface area contributed by atoms with Crippen LogP contribution in [0, 0.1) is 5.92 Å². The molecule has 2 rings (SSSR count). The molecule has 16 heavy (non-hydrogen) atoms. The fourth-order valence-corrected chi connectivity index (χ4v) is 3.41. The number of nitrogens with two attached hydrogens (primary N) is 1. The highest BCUT2D eigenvalue weighted by atomic mass is 16.5. The van der Waals surface area contributed by atoms with Crippen molar-refractivity contribution in [1.82, 2.24) is 0 Å². The van der Waals surface area contributed by atoms with Gasteiger partial charge in [0.05, 0.1) is 11.2 Å². The molecular formula is C14H25NO.